The summed E-state index contributed by atoms with van der Waals surface area (Å²) in [6.45, 7) is 6.37. The Balaban J connectivity index is 2.23. The van der Waals surface area contributed by atoms with Crippen molar-refractivity contribution in [2.75, 3.05) is 26.9 Å². The molecule has 0 saturated heterocycles. The number of hydrazine groups is 1. The molecule has 0 spiro atoms. The van der Waals surface area contributed by atoms with Crippen LogP contribution in [0, 0.1) is 0 Å². The van der Waals surface area contributed by atoms with Crippen LogP contribution in [0.3, 0.4) is 0 Å². The van der Waals surface area contributed by atoms with E-state index in [4.69, 9.17) is 14.2 Å². The van der Waals surface area contributed by atoms with Crippen LogP contribution in [0.15, 0.2) is 41.3 Å². The number of carbonyl (C=O) groups is 2. The smallest absolute Gasteiger partial charge is 0.337 e. The summed E-state index contributed by atoms with van der Waals surface area (Å²) in [5.41, 5.74) is 2.45. The van der Waals surface area contributed by atoms with E-state index in [2.05, 4.69) is 10.2 Å². The van der Waals surface area contributed by atoms with Crippen LogP contribution in [0.1, 0.15) is 41.5 Å². The summed E-state index contributed by atoms with van der Waals surface area (Å²) >= 11 is 0. The Morgan fingerprint density at radius 2 is 1.38 bits per heavy atom. The van der Waals surface area contributed by atoms with Gasteiger partial charge in [-0.25, -0.2) is 13.2 Å². The number of ether oxygens (including phenoxy) is 4. The third-order valence-corrected chi connectivity index (χ3v) is 5.32. The lowest BCUT2D eigenvalue weighted by atomic mass is 10.1. The molecule has 0 aliphatic heterocycles. The van der Waals surface area contributed by atoms with Gasteiger partial charge in [-0.2, -0.15) is 0 Å². The highest BCUT2D eigenvalue weighted by atomic mass is 32.2. The maximum atomic E-state index is 12.6. The zero-order valence-electron chi connectivity index (χ0n) is 18.3. The van der Waals surface area contributed by atoms with Gasteiger partial charge in [0.1, 0.15) is 0 Å². The number of esters is 1. The second kappa shape index (κ2) is 11.3. The first-order valence-corrected chi connectivity index (χ1v) is 11.3. The fourth-order valence-corrected chi connectivity index (χ4v) is 3.49. The number of hydrogen-bond donors (Lipinski definition) is 2. The van der Waals surface area contributed by atoms with Crippen molar-refractivity contribution in [2.45, 2.75) is 25.7 Å². The van der Waals surface area contributed by atoms with E-state index in [9.17, 15) is 18.0 Å². The molecule has 0 aliphatic carbocycles. The number of benzene rings is 2. The van der Waals surface area contributed by atoms with Crippen molar-refractivity contribution in [1.29, 1.82) is 0 Å². The minimum Gasteiger partial charge on any atom is -0.490 e. The molecule has 1 amide bonds. The van der Waals surface area contributed by atoms with Crippen LogP contribution in [0.4, 0.5) is 0 Å². The molecule has 32 heavy (non-hydrogen) atoms. The van der Waals surface area contributed by atoms with E-state index in [-0.39, 0.29) is 16.0 Å². The molecule has 0 bridgehead atoms. The maximum Gasteiger partial charge on any atom is 0.337 e. The number of nitrogens with one attached hydrogen (secondary N) is 2. The fraction of sp³-hybridized carbons (Fsp3) is 0.333. The van der Waals surface area contributed by atoms with Crippen LogP contribution in [-0.4, -0.2) is 47.2 Å². The molecule has 11 heteroatoms. The number of carbonyl (C=O) groups excluding carboxylic acids is 2. The van der Waals surface area contributed by atoms with Gasteiger partial charge in [0.15, 0.2) is 11.5 Å². The standard InChI is InChI=1S/C21H26N2O8S/c1-5-29-17-12-15(13-18(30-6-2)19(17)31-7-3)20(24)22-23-32(26,27)16-10-8-14(9-11-16)21(25)28-4/h8-13,23H,5-7H2,1-4H3,(H,22,24). The summed E-state index contributed by atoms with van der Waals surface area (Å²) in [4.78, 5) is 26.0. The molecule has 0 saturated carbocycles. The molecule has 2 aromatic carbocycles. The second-order valence-electron chi connectivity index (χ2n) is 6.18. The van der Waals surface area contributed by atoms with Crippen LogP contribution in [0.2, 0.25) is 0 Å². The first-order chi connectivity index (χ1) is 15.3. The Labute approximate surface area is 186 Å². The van der Waals surface area contributed by atoms with Gasteiger partial charge in [-0.05, 0) is 57.2 Å². The Hall–Kier alpha value is -3.31. The van der Waals surface area contributed by atoms with Gasteiger partial charge >= 0.3 is 5.97 Å². The van der Waals surface area contributed by atoms with Gasteiger partial charge < -0.3 is 18.9 Å². The fourth-order valence-electron chi connectivity index (χ4n) is 2.65. The summed E-state index contributed by atoms with van der Waals surface area (Å²) in [5.74, 6) is -0.372. The van der Waals surface area contributed by atoms with Crippen LogP contribution >= 0.6 is 0 Å². The van der Waals surface area contributed by atoms with Gasteiger partial charge in [0.05, 0.1) is 37.4 Å². The van der Waals surface area contributed by atoms with E-state index in [1.807, 2.05) is 4.83 Å². The Bertz CT molecular complexity index is 1020. The molecule has 174 valence electrons. The molecule has 0 aliphatic rings. The molecule has 0 fully saturated rings. The lowest BCUT2D eigenvalue weighted by molar-refractivity contribution is 0.0600. The van der Waals surface area contributed by atoms with Gasteiger partial charge in [0.2, 0.25) is 5.75 Å². The lowest BCUT2D eigenvalue weighted by Crippen LogP contribution is -2.41. The Morgan fingerprint density at radius 3 is 1.84 bits per heavy atom. The molecule has 2 N–H and O–H groups in total. The SMILES string of the molecule is CCOc1cc(C(=O)NNS(=O)(=O)c2ccc(C(=O)OC)cc2)cc(OCC)c1OCC. The first-order valence-electron chi connectivity index (χ1n) is 9.84. The molecule has 2 aromatic rings. The molecule has 10 nitrogen and oxygen atoms in total. The van der Waals surface area contributed by atoms with Crippen molar-refractivity contribution in [3.05, 3.63) is 47.5 Å². The van der Waals surface area contributed by atoms with E-state index in [0.717, 1.165) is 0 Å². The summed E-state index contributed by atoms with van der Waals surface area (Å²) < 4.78 is 46.3. The maximum absolute atomic E-state index is 12.6. The minimum absolute atomic E-state index is 0.101. The predicted octanol–water partition coefficient (Wildman–Crippen LogP) is 2.29. The molecular formula is C21H26N2O8S. The number of sulfonamides is 1. The van der Waals surface area contributed by atoms with Gasteiger partial charge in [-0.1, -0.05) is 0 Å². The normalized spacial score (nSPS) is 10.9. The lowest BCUT2D eigenvalue weighted by Gasteiger charge is -2.17. The number of methoxy groups -OCH3 is 1. The average molecular weight is 467 g/mol. The van der Waals surface area contributed by atoms with Crippen LogP contribution in [0.25, 0.3) is 0 Å². The van der Waals surface area contributed by atoms with Crippen molar-refractivity contribution in [3.8, 4) is 17.2 Å². The quantitative estimate of drug-likeness (QED) is 0.381. The van der Waals surface area contributed by atoms with E-state index < -0.39 is 21.9 Å². The topological polar surface area (TPSA) is 129 Å². The second-order valence-corrected chi connectivity index (χ2v) is 7.86. The summed E-state index contributed by atoms with van der Waals surface area (Å²) in [7, 11) is -2.87. The average Bonchev–Trinajstić information content (AvgIpc) is 2.79. The van der Waals surface area contributed by atoms with Crippen LogP contribution in [0.5, 0.6) is 17.2 Å². The summed E-state index contributed by atoms with van der Waals surface area (Å²) in [6, 6.07) is 7.92. The van der Waals surface area contributed by atoms with E-state index >= 15 is 0 Å². The van der Waals surface area contributed by atoms with Crippen molar-refractivity contribution >= 4 is 21.9 Å². The van der Waals surface area contributed by atoms with Crippen molar-refractivity contribution in [1.82, 2.24) is 10.3 Å². The van der Waals surface area contributed by atoms with Gasteiger partial charge in [-0.15, -0.1) is 4.83 Å². The monoisotopic (exact) mass is 466 g/mol. The summed E-state index contributed by atoms with van der Waals surface area (Å²) in [5, 5.41) is 0. The van der Waals surface area contributed by atoms with Crippen LogP contribution in [-0.2, 0) is 14.8 Å². The van der Waals surface area contributed by atoms with Crippen molar-refractivity contribution < 1.29 is 37.0 Å². The third-order valence-electron chi connectivity index (χ3n) is 4.06. The highest BCUT2D eigenvalue weighted by Crippen LogP contribution is 2.39. The molecule has 0 unspecified atom stereocenters. The van der Waals surface area contributed by atoms with E-state index in [0.29, 0.717) is 37.1 Å². The van der Waals surface area contributed by atoms with E-state index in [1.54, 1.807) is 20.8 Å². The van der Waals surface area contributed by atoms with Crippen LogP contribution < -0.4 is 24.5 Å². The molecule has 0 heterocycles. The van der Waals surface area contributed by atoms with Gasteiger partial charge in [-0.3, -0.25) is 10.2 Å². The van der Waals surface area contributed by atoms with E-state index in [1.165, 1.54) is 43.5 Å². The Kier molecular flexibility index (Phi) is 8.85. The number of hydrogen-bond acceptors (Lipinski definition) is 8. The van der Waals surface area contributed by atoms with Gasteiger partial charge in [0, 0.05) is 5.56 Å². The van der Waals surface area contributed by atoms with Crippen molar-refractivity contribution in [2.24, 2.45) is 0 Å². The molecular weight excluding hydrogens is 440 g/mol. The number of amides is 1. The molecule has 0 radical (unpaired) electrons. The first kappa shape index (κ1) is 25.0. The van der Waals surface area contributed by atoms with Gasteiger partial charge in [0.25, 0.3) is 15.9 Å². The Morgan fingerprint density at radius 1 is 0.844 bits per heavy atom. The van der Waals surface area contributed by atoms with Crippen molar-refractivity contribution in [3.63, 3.8) is 0 Å². The molecule has 2 rings (SSSR count). The third kappa shape index (κ3) is 6.11. The molecule has 0 atom stereocenters. The summed E-state index contributed by atoms with van der Waals surface area (Å²) in [6.07, 6.45) is 0. The largest absolute Gasteiger partial charge is 0.490 e. The predicted molar refractivity (Wildman–Crippen MR) is 116 cm³/mol. The highest BCUT2D eigenvalue weighted by Gasteiger charge is 2.21. The highest BCUT2D eigenvalue weighted by molar-refractivity contribution is 7.89. The minimum atomic E-state index is -4.09. The zero-order chi connectivity index (χ0) is 23.7. The zero-order valence-corrected chi connectivity index (χ0v) is 19.1. The molecule has 0 aromatic heterocycles. The number of rotatable bonds is 11.